The van der Waals surface area contributed by atoms with Gasteiger partial charge in [-0.3, -0.25) is 48.1 Å². The van der Waals surface area contributed by atoms with Crippen LogP contribution in [0.1, 0.15) is 105 Å². The van der Waals surface area contributed by atoms with Crippen LogP contribution in [0.4, 0.5) is 0 Å². The van der Waals surface area contributed by atoms with Gasteiger partial charge in [-0.05, 0) is 83.0 Å². The Morgan fingerprint density at radius 2 is 1.04 bits per heavy atom. The summed E-state index contributed by atoms with van der Waals surface area (Å²) >= 11 is 0. The molecule has 0 aliphatic carbocycles. The highest BCUT2D eigenvalue weighted by molar-refractivity contribution is 5.99. The number of carboxylic acid groups (broad SMARTS) is 2. The van der Waals surface area contributed by atoms with Crippen molar-refractivity contribution in [3.63, 3.8) is 0 Å². The van der Waals surface area contributed by atoms with Gasteiger partial charge in [0.25, 0.3) is 0 Å². The first-order valence-electron chi connectivity index (χ1n) is 23.3. The largest absolute Gasteiger partial charge is 0.481 e. The Balaban J connectivity index is 1.78. The Morgan fingerprint density at radius 1 is 0.603 bits per heavy atom. The molecule has 3 rings (SSSR count). The van der Waals surface area contributed by atoms with Crippen LogP contribution in [-0.4, -0.2) is 182 Å². The number of carboxylic acids is 2. The molecule has 9 atom stereocenters. The third kappa shape index (κ3) is 16.3. The van der Waals surface area contributed by atoms with Gasteiger partial charge in [-0.2, -0.15) is 0 Å². The van der Waals surface area contributed by atoms with Crippen molar-refractivity contribution in [1.29, 1.82) is 0 Å². The SMILES string of the molecule is CC(C)C[C@H](NC(=O)[C@H](CC(=O)O)NC(=O)[C@H](CC(C)C)NC(=O)[C@@H]1CCCN1C(=O)[C@H](CCCN=C(N)N)NC(=O)[C@@H]1CCCN1C(=O)[C@H](C)NC(=O)[C@@H]1CCCN1C(=O)[C@@H](N)CO)C(=O)O. The summed E-state index contributed by atoms with van der Waals surface area (Å²) < 4.78 is 0. The lowest BCUT2D eigenvalue weighted by Gasteiger charge is -2.32. The van der Waals surface area contributed by atoms with E-state index in [1.54, 1.807) is 27.7 Å². The molecule has 0 aromatic heterocycles. The molecule has 0 spiro atoms. The van der Waals surface area contributed by atoms with E-state index in [9.17, 15) is 63.3 Å². The lowest BCUT2D eigenvalue weighted by atomic mass is 10.0. The molecule has 0 aromatic rings. The molecule has 68 heavy (non-hydrogen) atoms. The molecule has 382 valence electrons. The molecular formula is C43H72N12O13. The van der Waals surface area contributed by atoms with Crippen molar-refractivity contribution in [2.45, 2.75) is 160 Å². The minimum absolute atomic E-state index is 0.0151. The van der Waals surface area contributed by atoms with Crippen LogP contribution in [0.2, 0.25) is 0 Å². The normalized spacial score (nSPS) is 20.7. The summed E-state index contributed by atoms with van der Waals surface area (Å²) in [7, 11) is 0. The quantitative estimate of drug-likeness (QED) is 0.0240. The van der Waals surface area contributed by atoms with Crippen molar-refractivity contribution in [3.05, 3.63) is 0 Å². The Morgan fingerprint density at radius 3 is 1.51 bits per heavy atom. The maximum absolute atomic E-state index is 14.4. The molecule has 25 heteroatoms. The van der Waals surface area contributed by atoms with Crippen LogP contribution < -0.4 is 43.8 Å². The van der Waals surface area contributed by atoms with Gasteiger partial charge in [0.2, 0.25) is 47.3 Å². The van der Waals surface area contributed by atoms with Gasteiger partial charge in [-0.15, -0.1) is 0 Å². The molecule has 3 fully saturated rings. The van der Waals surface area contributed by atoms with E-state index in [1.165, 1.54) is 21.6 Å². The Hall–Kier alpha value is -6.11. The number of likely N-dealkylation sites (tertiary alicyclic amines) is 3. The molecule has 0 bridgehead atoms. The van der Waals surface area contributed by atoms with Crippen molar-refractivity contribution in [3.8, 4) is 0 Å². The van der Waals surface area contributed by atoms with Crippen molar-refractivity contribution in [2.24, 2.45) is 34.0 Å². The molecule has 0 unspecified atom stereocenters. The molecule has 25 nitrogen and oxygen atoms in total. The highest BCUT2D eigenvalue weighted by atomic mass is 16.4. The second-order valence-corrected chi connectivity index (χ2v) is 18.5. The van der Waals surface area contributed by atoms with E-state index < -0.39 is 127 Å². The summed E-state index contributed by atoms with van der Waals surface area (Å²) in [5.41, 5.74) is 16.7. The molecule has 3 aliphatic heterocycles. The number of hydrogen-bond donors (Lipinski definition) is 11. The molecule has 0 radical (unpaired) electrons. The summed E-state index contributed by atoms with van der Waals surface area (Å²) in [6.45, 7) is 8.46. The summed E-state index contributed by atoms with van der Waals surface area (Å²) in [6.07, 6.45) is 1.46. The van der Waals surface area contributed by atoms with Gasteiger partial charge in [0.1, 0.15) is 54.4 Å². The van der Waals surface area contributed by atoms with Gasteiger partial charge >= 0.3 is 11.9 Å². The predicted octanol–water partition coefficient (Wildman–Crippen LogP) is -3.57. The van der Waals surface area contributed by atoms with Crippen molar-refractivity contribution in [1.82, 2.24) is 41.3 Å². The molecule has 14 N–H and O–H groups in total. The van der Waals surface area contributed by atoms with Crippen LogP contribution in [-0.2, 0) is 47.9 Å². The second kappa shape index (κ2) is 26.4. The topological polar surface area (TPSA) is 392 Å². The minimum Gasteiger partial charge on any atom is -0.481 e. The van der Waals surface area contributed by atoms with Crippen LogP contribution >= 0.6 is 0 Å². The maximum atomic E-state index is 14.4. The minimum atomic E-state index is -1.70. The lowest BCUT2D eigenvalue weighted by molar-refractivity contribution is -0.145. The van der Waals surface area contributed by atoms with Crippen molar-refractivity contribution in [2.75, 3.05) is 32.8 Å². The number of aliphatic imine (C=N–C) groups is 1. The van der Waals surface area contributed by atoms with E-state index in [-0.39, 0.29) is 82.5 Å². The third-order valence-electron chi connectivity index (χ3n) is 12.0. The van der Waals surface area contributed by atoms with Gasteiger partial charge in [0.15, 0.2) is 5.96 Å². The fraction of sp³-hybridized carbons (Fsp3) is 0.744. The average Bonchev–Trinajstić information content (AvgIpc) is 4.07. The molecule has 3 heterocycles. The maximum Gasteiger partial charge on any atom is 0.326 e. The zero-order valence-electron chi connectivity index (χ0n) is 39.6. The molecule has 0 aromatic carbocycles. The smallest absolute Gasteiger partial charge is 0.326 e. The van der Waals surface area contributed by atoms with Gasteiger partial charge in [0.05, 0.1) is 13.0 Å². The van der Waals surface area contributed by atoms with E-state index >= 15 is 0 Å². The third-order valence-corrected chi connectivity index (χ3v) is 12.0. The number of aliphatic hydroxyl groups excluding tert-OH is 1. The lowest BCUT2D eigenvalue weighted by Crippen LogP contribution is -2.60. The van der Waals surface area contributed by atoms with E-state index in [2.05, 4.69) is 31.6 Å². The first-order valence-corrected chi connectivity index (χ1v) is 23.3. The molecule has 3 saturated heterocycles. The number of rotatable bonds is 25. The zero-order chi connectivity index (χ0) is 51.0. The van der Waals surface area contributed by atoms with Crippen LogP contribution in [0, 0.1) is 11.8 Å². The number of carbonyl (C=O) groups is 10. The molecule has 0 saturated carbocycles. The highest BCUT2D eigenvalue weighted by Crippen LogP contribution is 2.24. The average molecular weight is 965 g/mol. The highest BCUT2D eigenvalue weighted by Gasteiger charge is 2.43. The Labute approximate surface area is 395 Å². The van der Waals surface area contributed by atoms with Crippen LogP contribution in [0.5, 0.6) is 0 Å². The van der Waals surface area contributed by atoms with Crippen LogP contribution in [0.25, 0.3) is 0 Å². The van der Waals surface area contributed by atoms with Crippen LogP contribution in [0.3, 0.4) is 0 Å². The zero-order valence-corrected chi connectivity index (χ0v) is 39.6. The summed E-state index contributed by atoms with van der Waals surface area (Å²) in [5.74, 6) is -9.08. The van der Waals surface area contributed by atoms with Crippen molar-refractivity contribution < 1.29 is 63.3 Å². The number of hydrogen-bond acceptors (Lipinski definition) is 13. The van der Waals surface area contributed by atoms with Gasteiger partial charge in [0, 0.05) is 26.2 Å². The number of nitrogens with one attached hydrogen (secondary N) is 5. The van der Waals surface area contributed by atoms with Gasteiger partial charge in [-0.25, -0.2) is 4.79 Å². The number of aliphatic hydroxyl groups is 1. The van der Waals surface area contributed by atoms with Gasteiger partial charge in [-0.1, -0.05) is 27.7 Å². The van der Waals surface area contributed by atoms with E-state index in [4.69, 9.17) is 17.2 Å². The predicted molar refractivity (Wildman–Crippen MR) is 243 cm³/mol. The first kappa shape index (κ1) is 56.2. The number of guanidine groups is 1. The van der Waals surface area contributed by atoms with Crippen LogP contribution in [0.15, 0.2) is 4.99 Å². The second-order valence-electron chi connectivity index (χ2n) is 18.5. The van der Waals surface area contributed by atoms with E-state index in [0.717, 1.165) is 0 Å². The van der Waals surface area contributed by atoms with E-state index in [0.29, 0.717) is 25.7 Å². The Bertz CT molecular complexity index is 1880. The molecule has 8 amide bonds. The fourth-order valence-electron chi connectivity index (χ4n) is 8.64. The van der Waals surface area contributed by atoms with Crippen molar-refractivity contribution >= 4 is 65.2 Å². The molecule has 3 aliphatic rings. The first-order chi connectivity index (χ1) is 32.0. The number of amides is 8. The summed E-state index contributed by atoms with van der Waals surface area (Å²) in [4.78, 5) is 141. The summed E-state index contributed by atoms with van der Waals surface area (Å²) in [6, 6.07) is -11.0. The standard InChI is InChI=1S/C43H72N12O13/c1-22(2)18-27(34(59)50-28(20-33(57)58)35(60)52-29(42(67)68)19-23(3)4)51-38(63)32-13-9-17-55(32)41(66)26(10-6-14-47-43(45)46)49-37(62)31-12-7-15-53(31)39(64)24(5)48-36(61)30-11-8-16-54(30)40(65)25(44)21-56/h22-32,56H,6-21,44H2,1-5H3,(H,48,61)(H,49,62)(H,50,59)(H,51,63)(H,52,60)(H,57,58)(H,67,68)(H4,45,46,47)/t24-,25-,26-,27-,28-,29-,30-,31-,32-/m0/s1. The Kier molecular flexibility index (Phi) is 21.9. The number of aliphatic carboxylic acids is 2. The fourth-order valence-corrected chi connectivity index (χ4v) is 8.64. The summed E-state index contributed by atoms with van der Waals surface area (Å²) in [5, 5.41) is 41.3. The number of carbonyl (C=O) groups excluding carboxylic acids is 8. The number of nitrogens with two attached hydrogens (primary N) is 3. The number of nitrogens with zero attached hydrogens (tertiary/aromatic N) is 4. The van der Waals surface area contributed by atoms with Gasteiger partial charge < -0.3 is 73.8 Å². The molecular weight excluding hydrogens is 893 g/mol. The van der Waals surface area contributed by atoms with E-state index in [1.807, 2.05) is 0 Å². The monoisotopic (exact) mass is 965 g/mol.